The molecule has 0 aliphatic heterocycles. The van der Waals surface area contributed by atoms with Gasteiger partial charge in [0.2, 0.25) is 0 Å². The molecule has 2 aliphatic carbocycles. The van der Waals surface area contributed by atoms with E-state index in [1.165, 1.54) is 12.8 Å². The summed E-state index contributed by atoms with van der Waals surface area (Å²) < 4.78 is 11.7. The highest BCUT2D eigenvalue weighted by Crippen LogP contribution is 2.34. The molecule has 17 heavy (non-hydrogen) atoms. The van der Waals surface area contributed by atoms with E-state index in [1.54, 1.807) is 7.11 Å². The average Bonchev–Trinajstić information content (AvgIpc) is 2.82. The molecule has 1 unspecified atom stereocenters. The number of nitriles is 1. The minimum Gasteiger partial charge on any atom is -0.349 e. The molecule has 2 rings (SSSR count). The lowest BCUT2D eigenvalue weighted by atomic mass is 9.97. The third-order valence-electron chi connectivity index (χ3n) is 3.48. The van der Waals surface area contributed by atoms with Gasteiger partial charge in [0.05, 0.1) is 18.6 Å². The van der Waals surface area contributed by atoms with Crippen LogP contribution in [0.1, 0.15) is 38.5 Å². The zero-order valence-corrected chi connectivity index (χ0v) is 10.3. The molecule has 0 radical (unpaired) electrons. The largest absolute Gasteiger partial charge is 0.349 e. The van der Waals surface area contributed by atoms with E-state index in [2.05, 4.69) is 6.07 Å². The molecule has 0 spiro atoms. The van der Waals surface area contributed by atoms with Crippen LogP contribution >= 0.6 is 0 Å². The second-order valence-corrected chi connectivity index (χ2v) is 4.74. The zero-order chi connectivity index (χ0) is 12.1. The van der Waals surface area contributed by atoms with Crippen molar-refractivity contribution in [1.82, 2.24) is 0 Å². The summed E-state index contributed by atoms with van der Waals surface area (Å²) in [6, 6.07) is 2.18. The number of hydrogen-bond donors (Lipinski definition) is 0. The van der Waals surface area contributed by atoms with Gasteiger partial charge in [-0.05, 0) is 18.9 Å². The van der Waals surface area contributed by atoms with Gasteiger partial charge in [-0.25, -0.2) is 0 Å². The molecular weight excluding hydrogens is 214 g/mol. The first-order valence-electron chi connectivity index (χ1n) is 6.25. The quantitative estimate of drug-likeness (QED) is 0.701. The molecule has 1 fully saturated rings. The van der Waals surface area contributed by atoms with Crippen LogP contribution in [0.2, 0.25) is 0 Å². The summed E-state index contributed by atoms with van der Waals surface area (Å²) >= 11 is 0. The van der Waals surface area contributed by atoms with Gasteiger partial charge in [-0.3, -0.25) is 0 Å². The number of methoxy groups -OCH3 is 1. The lowest BCUT2D eigenvalue weighted by Crippen LogP contribution is -2.37. The number of hydrogen-bond acceptors (Lipinski definition) is 3. The highest BCUT2D eigenvalue weighted by atomic mass is 16.7. The van der Waals surface area contributed by atoms with Crippen LogP contribution < -0.4 is 0 Å². The first kappa shape index (κ1) is 12.3. The van der Waals surface area contributed by atoms with Gasteiger partial charge in [-0.2, -0.15) is 5.26 Å². The van der Waals surface area contributed by atoms with Crippen molar-refractivity contribution >= 4 is 0 Å². The Kier molecular flexibility index (Phi) is 3.98. The SMILES string of the molecule is COC1(OC2CCCC2)C=CC=C(CC#N)C1. The summed E-state index contributed by atoms with van der Waals surface area (Å²) in [5, 5.41) is 8.75. The van der Waals surface area contributed by atoms with Crippen LogP contribution in [0.5, 0.6) is 0 Å². The highest BCUT2D eigenvalue weighted by molar-refractivity contribution is 5.25. The second kappa shape index (κ2) is 5.48. The van der Waals surface area contributed by atoms with Crippen molar-refractivity contribution in [1.29, 1.82) is 5.26 Å². The number of rotatable bonds is 4. The van der Waals surface area contributed by atoms with Crippen LogP contribution in [-0.2, 0) is 9.47 Å². The lowest BCUT2D eigenvalue weighted by Gasteiger charge is -2.34. The van der Waals surface area contributed by atoms with Crippen molar-refractivity contribution in [2.45, 2.75) is 50.4 Å². The first-order valence-corrected chi connectivity index (χ1v) is 6.25. The Balaban J connectivity index is 2.03. The van der Waals surface area contributed by atoms with Crippen molar-refractivity contribution in [3.05, 3.63) is 23.8 Å². The topological polar surface area (TPSA) is 42.2 Å². The molecule has 0 saturated heterocycles. The predicted octanol–water partition coefficient (Wildman–Crippen LogP) is 3.09. The van der Waals surface area contributed by atoms with Gasteiger partial charge in [0, 0.05) is 13.5 Å². The Labute approximate surface area is 103 Å². The van der Waals surface area contributed by atoms with Gasteiger partial charge in [0.25, 0.3) is 0 Å². The molecule has 3 heteroatoms. The van der Waals surface area contributed by atoms with Crippen LogP contribution in [0.4, 0.5) is 0 Å². The molecule has 3 nitrogen and oxygen atoms in total. The summed E-state index contributed by atoms with van der Waals surface area (Å²) in [5.74, 6) is -0.643. The Bertz CT molecular complexity index is 361. The molecule has 0 N–H and O–H groups in total. The van der Waals surface area contributed by atoms with Gasteiger partial charge in [-0.1, -0.05) is 30.6 Å². The van der Waals surface area contributed by atoms with Crippen molar-refractivity contribution in [3.8, 4) is 6.07 Å². The third kappa shape index (κ3) is 2.96. The molecule has 0 aromatic heterocycles. The second-order valence-electron chi connectivity index (χ2n) is 4.74. The van der Waals surface area contributed by atoms with Crippen LogP contribution in [-0.4, -0.2) is 19.0 Å². The first-order chi connectivity index (χ1) is 8.28. The smallest absolute Gasteiger partial charge is 0.191 e. The molecule has 0 bridgehead atoms. The van der Waals surface area contributed by atoms with E-state index in [9.17, 15) is 0 Å². The van der Waals surface area contributed by atoms with E-state index in [0.717, 1.165) is 18.4 Å². The molecular formula is C14H19NO2. The predicted molar refractivity (Wildman–Crippen MR) is 65.2 cm³/mol. The lowest BCUT2D eigenvalue weighted by molar-refractivity contribution is -0.212. The minimum absolute atomic E-state index is 0.307. The van der Waals surface area contributed by atoms with Crippen molar-refractivity contribution in [2.75, 3.05) is 7.11 Å². The van der Waals surface area contributed by atoms with Crippen LogP contribution in [0.3, 0.4) is 0 Å². The van der Waals surface area contributed by atoms with Crippen LogP contribution in [0.25, 0.3) is 0 Å². The monoisotopic (exact) mass is 233 g/mol. The molecule has 2 aliphatic rings. The van der Waals surface area contributed by atoms with Gasteiger partial charge in [0.1, 0.15) is 0 Å². The maximum atomic E-state index is 8.75. The van der Waals surface area contributed by atoms with Gasteiger partial charge in [-0.15, -0.1) is 0 Å². The van der Waals surface area contributed by atoms with Crippen LogP contribution in [0.15, 0.2) is 23.8 Å². The molecule has 92 valence electrons. The van der Waals surface area contributed by atoms with E-state index < -0.39 is 5.79 Å². The van der Waals surface area contributed by atoms with E-state index >= 15 is 0 Å². The molecule has 0 amide bonds. The number of nitrogens with zero attached hydrogens (tertiary/aromatic N) is 1. The maximum Gasteiger partial charge on any atom is 0.191 e. The summed E-state index contributed by atoms with van der Waals surface area (Å²) in [4.78, 5) is 0. The van der Waals surface area contributed by atoms with Gasteiger partial charge >= 0.3 is 0 Å². The average molecular weight is 233 g/mol. The van der Waals surface area contributed by atoms with Gasteiger partial charge in [0.15, 0.2) is 5.79 Å². The summed E-state index contributed by atoms with van der Waals surface area (Å²) in [6.45, 7) is 0. The fourth-order valence-corrected chi connectivity index (χ4v) is 2.55. The Morgan fingerprint density at radius 3 is 2.88 bits per heavy atom. The Morgan fingerprint density at radius 2 is 2.24 bits per heavy atom. The normalized spacial score (nSPS) is 29.1. The number of ether oxygens (including phenoxy) is 2. The van der Waals surface area contributed by atoms with E-state index in [0.29, 0.717) is 18.9 Å². The maximum absolute atomic E-state index is 8.75. The fraction of sp³-hybridized carbons (Fsp3) is 0.643. The molecule has 0 heterocycles. The number of allylic oxidation sites excluding steroid dienone is 2. The summed E-state index contributed by atoms with van der Waals surface area (Å²) in [5.41, 5.74) is 1.08. The van der Waals surface area contributed by atoms with Crippen molar-refractivity contribution in [3.63, 3.8) is 0 Å². The Hall–Kier alpha value is -1.11. The summed E-state index contributed by atoms with van der Waals surface area (Å²) in [7, 11) is 1.68. The van der Waals surface area contributed by atoms with E-state index in [1.807, 2.05) is 18.2 Å². The van der Waals surface area contributed by atoms with Gasteiger partial charge < -0.3 is 9.47 Å². The zero-order valence-electron chi connectivity index (χ0n) is 10.3. The van der Waals surface area contributed by atoms with Crippen LogP contribution in [0, 0.1) is 11.3 Å². The summed E-state index contributed by atoms with van der Waals surface area (Å²) in [6.07, 6.45) is 12.0. The standard InChI is InChI=1S/C14H19NO2/c1-16-14(17-13-6-2-3-7-13)9-4-5-12(11-14)8-10-15/h4-5,9,13H,2-3,6-8,11H2,1H3. The third-order valence-corrected chi connectivity index (χ3v) is 3.48. The van der Waals surface area contributed by atoms with Crippen molar-refractivity contribution < 1.29 is 9.47 Å². The molecule has 1 saturated carbocycles. The van der Waals surface area contributed by atoms with E-state index in [-0.39, 0.29) is 0 Å². The van der Waals surface area contributed by atoms with Crippen molar-refractivity contribution in [2.24, 2.45) is 0 Å². The Morgan fingerprint density at radius 1 is 1.47 bits per heavy atom. The molecule has 0 aromatic rings. The highest BCUT2D eigenvalue weighted by Gasteiger charge is 2.34. The fourth-order valence-electron chi connectivity index (χ4n) is 2.55. The molecule has 0 aromatic carbocycles. The molecule has 1 atom stereocenters. The minimum atomic E-state index is -0.643. The van der Waals surface area contributed by atoms with E-state index in [4.69, 9.17) is 14.7 Å².